The largest absolute Gasteiger partial charge is 0.494 e. The van der Waals surface area contributed by atoms with E-state index in [4.69, 9.17) is 25.2 Å². The minimum atomic E-state index is -0.825. The van der Waals surface area contributed by atoms with Gasteiger partial charge >= 0.3 is 0 Å². The molecule has 0 radical (unpaired) electrons. The van der Waals surface area contributed by atoms with Crippen molar-refractivity contribution >= 4 is 75.3 Å². The van der Waals surface area contributed by atoms with E-state index in [1.165, 1.54) is 19.2 Å². The van der Waals surface area contributed by atoms with Crippen LogP contribution in [0, 0.1) is 26.7 Å². The summed E-state index contributed by atoms with van der Waals surface area (Å²) in [6.45, 7) is 14.8. The normalized spacial score (nSPS) is 12.9. The number of ether oxygens (including phenoxy) is 2. The van der Waals surface area contributed by atoms with Gasteiger partial charge in [-0.1, -0.05) is 26.0 Å². The highest BCUT2D eigenvalue weighted by molar-refractivity contribution is 6.13. The number of nitrogens with two attached hydrogens (primary N) is 1. The number of carbonyl (C=O) groups excluding carboxylic acids is 7. The number of anilines is 2. The number of hydrogen-bond donors (Lipinski definition) is 4. The number of imide groups is 1. The molecule has 0 spiro atoms. The van der Waals surface area contributed by atoms with Crippen molar-refractivity contribution in [1.29, 1.82) is 0 Å². The minimum Gasteiger partial charge on any atom is -0.494 e. The fraction of sp³-hybridized carbons (Fsp3) is 0.404. The molecule has 75 heavy (non-hydrogen) atoms. The molecule has 5 N–H and O–H groups in total. The number of nitrogens with one attached hydrogen (secondary N) is 3. The first-order chi connectivity index (χ1) is 35.8. The second kappa shape index (κ2) is 23.5. The van der Waals surface area contributed by atoms with E-state index in [2.05, 4.69) is 26.1 Å². The van der Waals surface area contributed by atoms with E-state index in [0.29, 0.717) is 82.3 Å². The van der Waals surface area contributed by atoms with Gasteiger partial charge in [-0.05, 0) is 95.3 Å². The van der Waals surface area contributed by atoms with Gasteiger partial charge in [-0.15, -0.1) is 0 Å². The molecule has 0 saturated carbocycles. The van der Waals surface area contributed by atoms with Crippen LogP contribution in [0.1, 0.15) is 95.2 Å². The zero-order valence-electron chi connectivity index (χ0n) is 43.7. The average molecular weight is 1030 g/mol. The third-order valence-electron chi connectivity index (χ3n) is 12.4. The quantitative estimate of drug-likeness (QED) is 0.0365. The molecule has 23 heteroatoms. The molecule has 2 aromatic carbocycles. The summed E-state index contributed by atoms with van der Waals surface area (Å²) in [6, 6.07) is 9.37. The molecule has 0 saturated heterocycles. The number of aromatic nitrogens is 8. The molecule has 4 aromatic heterocycles. The molecule has 1 atom stereocenters. The highest BCUT2D eigenvalue weighted by Crippen LogP contribution is 2.33. The molecule has 7 rings (SSSR count). The van der Waals surface area contributed by atoms with Crippen LogP contribution in [-0.4, -0.2) is 130 Å². The molecule has 0 aliphatic carbocycles. The zero-order chi connectivity index (χ0) is 54.2. The Balaban J connectivity index is 1.14. The summed E-state index contributed by atoms with van der Waals surface area (Å²) in [5.41, 5.74) is 10.7. The third kappa shape index (κ3) is 12.4. The van der Waals surface area contributed by atoms with Crippen LogP contribution in [0.2, 0.25) is 0 Å². The number of allylic oxidation sites excluding steroid dienone is 2. The Kier molecular flexibility index (Phi) is 17.0. The number of nitrogens with zero attached hydrogens (tertiary/aromatic N) is 10. The second-order valence-electron chi connectivity index (χ2n) is 18.6. The number of methoxy groups -OCH3 is 1. The van der Waals surface area contributed by atoms with Crippen molar-refractivity contribution in [3.05, 3.63) is 94.6 Å². The molecule has 6 aromatic rings. The van der Waals surface area contributed by atoms with Crippen LogP contribution in [0.4, 0.5) is 11.9 Å². The molecule has 0 fully saturated rings. The first kappa shape index (κ1) is 54.2. The average Bonchev–Trinajstić information content (AvgIpc) is 4.19. The van der Waals surface area contributed by atoms with Crippen LogP contribution in [0.3, 0.4) is 0 Å². The van der Waals surface area contributed by atoms with Gasteiger partial charge in [0.2, 0.25) is 29.6 Å². The van der Waals surface area contributed by atoms with Crippen LogP contribution in [0.25, 0.3) is 22.1 Å². The highest BCUT2D eigenvalue weighted by Gasteiger charge is 2.28. The van der Waals surface area contributed by atoms with Gasteiger partial charge in [0.25, 0.3) is 23.6 Å². The Bertz CT molecular complexity index is 3230. The van der Waals surface area contributed by atoms with Gasteiger partial charge in [0.05, 0.1) is 36.1 Å². The number of imidazole rings is 2. The Morgan fingerprint density at radius 2 is 1.32 bits per heavy atom. The molecule has 7 amide bonds. The number of amides is 7. The molecule has 1 aliphatic heterocycles. The van der Waals surface area contributed by atoms with Crippen molar-refractivity contribution in [2.45, 2.75) is 99.9 Å². The summed E-state index contributed by atoms with van der Waals surface area (Å²) in [6.07, 6.45) is 6.68. The first-order valence-electron chi connectivity index (χ1n) is 24.8. The fourth-order valence-corrected chi connectivity index (χ4v) is 8.86. The number of rotatable bonds is 24. The number of likely N-dealkylation sites (N-methyl/N-ethyl adjacent to an activating group) is 1. The number of primary amides is 1. The Morgan fingerprint density at radius 3 is 1.84 bits per heavy atom. The zero-order valence-corrected chi connectivity index (χ0v) is 43.7. The predicted molar refractivity (Wildman–Crippen MR) is 279 cm³/mol. The molecular weight excluding hydrogens is 965 g/mol. The van der Waals surface area contributed by atoms with Crippen molar-refractivity contribution < 1.29 is 43.0 Å². The van der Waals surface area contributed by atoms with Gasteiger partial charge in [0.15, 0.2) is 0 Å². The SMILES string of the molecule is CCn1nc(C)cc1C(=O)Nc1nc2cc(C(N)=O)cc(OC)c2n1C/C=C/Cn1c(NC(=O)c2cc(C)nn2CC)nc2cc(C)cc(OCCCN(C)C(=O)C(CC(C)C)NC(=O)CCN3C(=O)C=CC3=O)c21. The molecular formula is C52H64N14O9. The Morgan fingerprint density at radius 1 is 0.773 bits per heavy atom. The predicted octanol–water partition coefficient (Wildman–Crippen LogP) is 4.69. The number of aryl methyl sites for hydroxylation is 5. The van der Waals surface area contributed by atoms with E-state index >= 15 is 0 Å². The fourth-order valence-electron chi connectivity index (χ4n) is 8.86. The summed E-state index contributed by atoms with van der Waals surface area (Å²) >= 11 is 0. The summed E-state index contributed by atoms with van der Waals surface area (Å²) in [5, 5.41) is 17.6. The van der Waals surface area contributed by atoms with Crippen molar-refractivity contribution in [3.8, 4) is 11.5 Å². The van der Waals surface area contributed by atoms with Gasteiger partial charge in [0, 0.05) is 70.5 Å². The van der Waals surface area contributed by atoms with Gasteiger partial charge < -0.3 is 34.6 Å². The van der Waals surface area contributed by atoms with E-state index in [1.807, 2.05) is 70.4 Å². The maximum Gasteiger partial charge on any atom is 0.276 e. The number of benzene rings is 2. The van der Waals surface area contributed by atoms with Gasteiger partial charge in [-0.3, -0.25) is 58.5 Å². The van der Waals surface area contributed by atoms with Crippen LogP contribution >= 0.6 is 0 Å². The molecule has 0 bridgehead atoms. The van der Waals surface area contributed by atoms with E-state index in [9.17, 15) is 33.6 Å². The smallest absolute Gasteiger partial charge is 0.276 e. The number of hydrogen-bond acceptors (Lipinski definition) is 13. The van der Waals surface area contributed by atoms with Crippen molar-refractivity contribution in [2.24, 2.45) is 11.7 Å². The highest BCUT2D eigenvalue weighted by atomic mass is 16.5. The summed E-state index contributed by atoms with van der Waals surface area (Å²) in [7, 11) is 3.12. The second-order valence-corrected chi connectivity index (χ2v) is 18.6. The summed E-state index contributed by atoms with van der Waals surface area (Å²) < 4.78 is 19.0. The van der Waals surface area contributed by atoms with E-state index in [0.717, 1.165) is 22.6 Å². The van der Waals surface area contributed by atoms with E-state index in [-0.39, 0.29) is 68.5 Å². The van der Waals surface area contributed by atoms with Crippen molar-refractivity contribution in [1.82, 2.24) is 53.8 Å². The van der Waals surface area contributed by atoms with Crippen LogP contribution < -0.4 is 31.2 Å². The monoisotopic (exact) mass is 1030 g/mol. The lowest BCUT2D eigenvalue weighted by molar-refractivity contribution is -0.138. The molecule has 5 heterocycles. The van der Waals surface area contributed by atoms with E-state index < -0.39 is 41.5 Å². The molecule has 23 nitrogen and oxygen atoms in total. The van der Waals surface area contributed by atoms with Crippen LogP contribution in [-0.2, 0) is 45.4 Å². The van der Waals surface area contributed by atoms with E-state index in [1.54, 1.807) is 44.9 Å². The Hall–Kier alpha value is -8.63. The summed E-state index contributed by atoms with van der Waals surface area (Å²) in [5.74, 6) is -1.99. The maximum absolute atomic E-state index is 14.0. The van der Waals surface area contributed by atoms with Crippen LogP contribution in [0.15, 0.2) is 60.7 Å². The Labute approximate surface area is 433 Å². The van der Waals surface area contributed by atoms with Gasteiger partial charge in [0.1, 0.15) is 40.0 Å². The maximum atomic E-state index is 14.0. The van der Waals surface area contributed by atoms with Gasteiger partial charge in [-0.25, -0.2) is 9.97 Å². The lowest BCUT2D eigenvalue weighted by Gasteiger charge is -2.26. The number of carbonyl (C=O) groups is 7. The molecule has 1 aliphatic rings. The minimum absolute atomic E-state index is 0.0717. The summed E-state index contributed by atoms with van der Waals surface area (Å²) in [4.78, 5) is 103. The topological polar surface area (TPSA) is 278 Å². The number of fused-ring (bicyclic) bond motifs is 2. The standard InChI is InChI=1S/C52H64N14O9/c1-10-65-38(26-32(6)59-65)48(71)57-51-55-35-24-31(5)25-41(75-22-14-18-61(8)50(73)37(23-30(3)4)54-42(67)17-21-62-43(68)15-16-44(62)69)46(35)64(51)20-13-12-19-63-45-36(28-34(47(53)70)29-40(45)74-9)56-52(63)58-49(72)39-27-33(7)60-66(39)11-2/h12-13,15-16,24-30,37H,10-11,14,17-23H2,1-9H3,(H2,53,70)(H,54,67)(H,55,57,71)(H,56,58,72)/b13-12+. The molecule has 396 valence electrons. The molecule has 1 unspecified atom stereocenters. The lowest BCUT2D eigenvalue weighted by atomic mass is 10.0. The third-order valence-corrected chi connectivity index (χ3v) is 12.4. The first-order valence-corrected chi connectivity index (χ1v) is 24.8. The van der Waals surface area contributed by atoms with Gasteiger partial charge in [-0.2, -0.15) is 10.2 Å². The van der Waals surface area contributed by atoms with Crippen molar-refractivity contribution in [3.63, 3.8) is 0 Å². The van der Waals surface area contributed by atoms with Crippen molar-refractivity contribution in [2.75, 3.05) is 44.5 Å². The lowest BCUT2D eigenvalue weighted by Crippen LogP contribution is -2.49. The van der Waals surface area contributed by atoms with Crippen LogP contribution in [0.5, 0.6) is 11.5 Å².